The number of nitrogens with one attached hydrogen (secondary N) is 3. The lowest BCUT2D eigenvalue weighted by Gasteiger charge is -2.25. The number of anilines is 3. The molecule has 0 bridgehead atoms. The predicted molar refractivity (Wildman–Crippen MR) is 160 cm³/mol. The molecule has 5 rings (SSSR count). The van der Waals surface area contributed by atoms with Gasteiger partial charge in [-0.15, -0.1) is 0 Å². The minimum atomic E-state index is -4.99. The van der Waals surface area contributed by atoms with Crippen LogP contribution in [0, 0.1) is 11.6 Å². The number of benzene rings is 1. The molecule has 3 amide bonds. The van der Waals surface area contributed by atoms with Crippen molar-refractivity contribution in [2.75, 3.05) is 28.6 Å². The largest absolute Gasteiger partial charge is 0.471 e. The summed E-state index contributed by atoms with van der Waals surface area (Å²) < 4.78 is 74.9. The number of carbonyl (C=O) groups excluding carboxylic acids is 3. The van der Waals surface area contributed by atoms with Crippen LogP contribution in [0.25, 0.3) is 10.6 Å². The van der Waals surface area contributed by atoms with E-state index in [1.165, 1.54) is 12.3 Å². The van der Waals surface area contributed by atoms with Gasteiger partial charge in [0.1, 0.15) is 32.9 Å². The van der Waals surface area contributed by atoms with Crippen LogP contribution in [0.2, 0.25) is 0 Å². The Bertz CT molecular complexity index is 1610. The summed E-state index contributed by atoms with van der Waals surface area (Å²) in [6.07, 6.45) is -1.78. The molecule has 0 spiro atoms. The molecule has 3 N–H and O–H groups in total. The van der Waals surface area contributed by atoms with Crippen LogP contribution in [0.4, 0.5) is 43.3 Å². The molecule has 1 aliphatic heterocycles. The van der Waals surface area contributed by atoms with Gasteiger partial charge in [0.15, 0.2) is 11.5 Å². The van der Waals surface area contributed by atoms with Crippen molar-refractivity contribution in [3.63, 3.8) is 0 Å². The van der Waals surface area contributed by atoms with Crippen LogP contribution in [-0.4, -0.2) is 63.6 Å². The third-order valence-electron chi connectivity index (χ3n) is 7.16. The maximum absolute atomic E-state index is 14.7. The maximum Gasteiger partial charge on any atom is 0.471 e. The topological polar surface area (TPSA) is 130 Å². The van der Waals surface area contributed by atoms with Crippen molar-refractivity contribution in [1.82, 2.24) is 20.1 Å². The quantitative estimate of drug-likeness (QED) is 0.254. The van der Waals surface area contributed by atoms with Crippen molar-refractivity contribution < 1.29 is 41.1 Å². The van der Waals surface area contributed by atoms with E-state index >= 15 is 0 Å². The molecule has 1 aliphatic carbocycles. The fourth-order valence-corrected chi connectivity index (χ4v) is 6.01. The number of nitrogens with zero attached hydrogens (tertiary/aromatic N) is 4. The number of hydrogen-bond acceptors (Lipinski definition) is 8. The van der Waals surface area contributed by atoms with Crippen molar-refractivity contribution in [1.29, 1.82) is 0 Å². The third kappa shape index (κ3) is 7.74. The van der Waals surface area contributed by atoms with Gasteiger partial charge in [-0.05, 0) is 65.0 Å². The number of aromatic nitrogens is 3. The zero-order chi connectivity index (χ0) is 33.4. The second-order valence-corrected chi connectivity index (χ2v) is 13.0. The molecular weight excluding hydrogens is 637 g/mol. The van der Waals surface area contributed by atoms with E-state index in [-0.39, 0.29) is 40.4 Å². The molecule has 1 saturated heterocycles. The Labute approximate surface area is 264 Å². The summed E-state index contributed by atoms with van der Waals surface area (Å²) in [6.45, 7) is 5.60. The molecule has 3 aromatic rings. The van der Waals surface area contributed by atoms with Crippen LogP contribution < -0.4 is 20.9 Å². The van der Waals surface area contributed by atoms with Crippen LogP contribution in [0.3, 0.4) is 0 Å². The Morgan fingerprint density at radius 3 is 2.33 bits per heavy atom. The summed E-state index contributed by atoms with van der Waals surface area (Å²) in [5, 5.41) is 11.4. The van der Waals surface area contributed by atoms with Gasteiger partial charge in [0.2, 0.25) is 0 Å². The van der Waals surface area contributed by atoms with E-state index in [0.717, 1.165) is 25.0 Å². The fraction of sp³-hybridized carbons (Fsp3) is 0.483. The number of rotatable bonds is 7. The first-order chi connectivity index (χ1) is 21.6. The second kappa shape index (κ2) is 12.8. The van der Waals surface area contributed by atoms with Gasteiger partial charge in [0.05, 0.1) is 17.8 Å². The lowest BCUT2D eigenvalue weighted by molar-refractivity contribution is -0.174. The van der Waals surface area contributed by atoms with Crippen molar-refractivity contribution in [3.8, 4) is 10.6 Å². The number of thiazole rings is 1. The molecule has 2 aliphatic rings. The van der Waals surface area contributed by atoms with Gasteiger partial charge in [0.25, 0.3) is 5.91 Å². The Kier molecular flexibility index (Phi) is 9.24. The lowest BCUT2D eigenvalue weighted by atomic mass is 10.1. The second-order valence-electron chi connectivity index (χ2n) is 12.0. The van der Waals surface area contributed by atoms with E-state index in [1.807, 2.05) is 4.90 Å². The lowest BCUT2D eigenvalue weighted by Crippen LogP contribution is -2.43. The van der Waals surface area contributed by atoms with E-state index in [9.17, 15) is 36.3 Å². The normalized spacial score (nSPS) is 17.3. The van der Waals surface area contributed by atoms with Gasteiger partial charge in [-0.25, -0.2) is 23.2 Å². The fourth-order valence-electron chi connectivity index (χ4n) is 5.01. The summed E-state index contributed by atoms with van der Waals surface area (Å²) in [6, 6.07) is 2.63. The van der Waals surface area contributed by atoms with Crippen LogP contribution in [-0.2, 0) is 9.53 Å². The highest BCUT2D eigenvalue weighted by Gasteiger charge is 2.40. The average molecular weight is 670 g/mol. The van der Waals surface area contributed by atoms with E-state index in [4.69, 9.17) is 4.74 Å². The van der Waals surface area contributed by atoms with E-state index < -0.39 is 52.9 Å². The Morgan fingerprint density at radius 1 is 1.00 bits per heavy atom. The SMILES string of the molecule is CC(C)(C)OC(=O)Nc1sc(-c2c(F)cccc2F)nc1C(=O)Nc1cnn(C2CC2)c1N1CCCC(NC(=O)C(F)(F)F)CC1. The van der Waals surface area contributed by atoms with Gasteiger partial charge < -0.3 is 20.3 Å². The molecule has 3 heterocycles. The van der Waals surface area contributed by atoms with Gasteiger partial charge in [-0.2, -0.15) is 18.3 Å². The average Bonchev–Trinajstić information content (AvgIpc) is 3.64. The summed E-state index contributed by atoms with van der Waals surface area (Å²) >= 11 is 0.686. The molecule has 1 saturated carbocycles. The number of halogens is 5. The first-order valence-corrected chi connectivity index (χ1v) is 15.4. The molecule has 248 valence electrons. The number of carbonyl (C=O) groups is 3. The zero-order valence-corrected chi connectivity index (χ0v) is 26.0. The number of hydrogen-bond donors (Lipinski definition) is 3. The third-order valence-corrected chi connectivity index (χ3v) is 8.15. The molecular formula is C29H32F5N7O4S. The van der Waals surface area contributed by atoms with Crippen LogP contribution in [0.5, 0.6) is 0 Å². The molecule has 17 heteroatoms. The molecule has 2 fully saturated rings. The van der Waals surface area contributed by atoms with Crippen molar-refractivity contribution in [2.45, 2.75) is 76.7 Å². The number of ether oxygens (including phenoxy) is 1. The van der Waals surface area contributed by atoms with Crippen molar-refractivity contribution >= 4 is 45.8 Å². The van der Waals surface area contributed by atoms with Gasteiger partial charge >= 0.3 is 18.2 Å². The van der Waals surface area contributed by atoms with Gasteiger partial charge in [-0.3, -0.25) is 14.9 Å². The molecule has 0 radical (unpaired) electrons. The standard InChI is InChI=1S/C29H32F5N7O4S/c1-28(2,3)45-27(44)39-24-21(38-23(46-24)20-17(30)7-4-8-18(20)31)22(42)37-19-14-35-41(16-9-10-16)25(19)40-12-5-6-15(11-13-40)36-26(43)29(32,33)34/h4,7-8,14-16H,5-6,9-13H2,1-3H3,(H,36,43)(H,37,42)(H,39,44). The summed E-state index contributed by atoms with van der Waals surface area (Å²) in [5.74, 6) is -4.11. The Hall–Kier alpha value is -4.28. The molecule has 11 nitrogen and oxygen atoms in total. The molecule has 2 aromatic heterocycles. The smallest absolute Gasteiger partial charge is 0.444 e. The molecule has 46 heavy (non-hydrogen) atoms. The van der Waals surface area contributed by atoms with Crippen molar-refractivity contribution in [2.24, 2.45) is 0 Å². The maximum atomic E-state index is 14.7. The van der Waals surface area contributed by atoms with Crippen LogP contribution in [0.1, 0.15) is 69.4 Å². The highest BCUT2D eigenvalue weighted by molar-refractivity contribution is 7.19. The number of amides is 3. The van der Waals surface area contributed by atoms with Gasteiger partial charge in [0, 0.05) is 19.1 Å². The molecule has 1 aromatic carbocycles. The van der Waals surface area contributed by atoms with Gasteiger partial charge in [-0.1, -0.05) is 17.4 Å². The molecule has 1 atom stereocenters. The molecule has 1 unspecified atom stereocenters. The summed E-state index contributed by atoms with van der Waals surface area (Å²) in [4.78, 5) is 44.0. The van der Waals surface area contributed by atoms with E-state index in [0.29, 0.717) is 36.5 Å². The predicted octanol–water partition coefficient (Wildman–Crippen LogP) is 6.26. The Morgan fingerprint density at radius 2 is 1.70 bits per heavy atom. The zero-order valence-electron chi connectivity index (χ0n) is 25.1. The highest BCUT2D eigenvalue weighted by atomic mass is 32.1. The number of alkyl halides is 3. The van der Waals surface area contributed by atoms with Crippen molar-refractivity contribution in [3.05, 3.63) is 41.7 Å². The van der Waals surface area contributed by atoms with E-state index in [1.54, 1.807) is 25.5 Å². The summed E-state index contributed by atoms with van der Waals surface area (Å²) in [7, 11) is 0. The van der Waals surface area contributed by atoms with Crippen LogP contribution in [0.15, 0.2) is 24.4 Å². The summed E-state index contributed by atoms with van der Waals surface area (Å²) in [5.41, 5.74) is -1.42. The highest BCUT2D eigenvalue weighted by Crippen LogP contribution is 2.42. The van der Waals surface area contributed by atoms with E-state index in [2.05, 4.69) is 26.0 Å². The minimum absolute atomic E-state index is 0.0592. The van der Waals surface area contributed by atoms with Crippen LogP contribution >= 0.6 is 11.3 Å². The first kappa shape index (κ1) is 33.1. The first-order valence-electron chi connectivity index (χ1n) is 14.6. The minimum Gasteiger partial charge on any atom is -0.444 e. The monoisotopic (exact) mass is 669 g/mol. The Balaban J connectivity index is 1.42.